The topological polar surface area (TPSA) is 63.2 Å². The molecule has 1 aromatic heterocycles. The van der Waals surface area contributed by atoms with E-state index in [4.69, 9.17) is 4.74 Å². The third-order valence-corrected chi connectivity index (χ3v) is 4.75. The predicted octanol–water partition coefficient (Wildman–Crippen LogP) is 3.77. The smallest absolute Gasteiger partial charge is 0.407 e. The van der Waals surface area contributed by atoms with Crippen molar-refractivity contribution >= 4 is 17.4 Å². The highest BCUT2D eigenvalue weighted by Gasteiger charge is 2.27. The summed E-state index contributed by atoms with van der Waals surface area (Å²) >= 11 is 1.67. The van der Waals surface area contributed by atoms with Gasteiger partial charge in [0.1, 0.15) is 5.60 Å². The fraction of sp³-hybridized carbons (Fsp3) is 0.765. The Bertz CT molecular complexity index is 510. The first-order chi connectivity index (χ1) is 10.8. The quantitative estimate of drug-likeness (QED) is 0.820. The number of alkyl carbamates (subject to hydrolysis) is 1. The zero-order valence-corrected chi connectivity index (χ0v) is 15.5. The average molecular weight is 340 g/mol. The molecule has 130 valence electrons. The molecule has 0 radical (unpaired) electrons. The maximum Gasteiger partial charge on any atom is 0.407 e. The van der Waals surface area contributed by atoms with Crippen LogP contribution in [-0.4, -0.2) is 28.8 Å². The van der Waals surface area contributed by atoms with Crippen LogP contribution in [0.3, 0.4) is 0 Å². The van der Waals surface area contributed by atoms with Crippen LogP contribution in [0.5, 0.6) is 0 Å². The van der Waals surface area contributed by atoms with E-state index < -0.39 is 5.60 Å². The molecule has 6 heteroatoms. The Kier molecular flexibility index (Phi) is 6.41. The zero-order chi connectivity index (χ0) is 16.9. The molecule has 1 aromatic rings. The lowest BCUT2D eigenvalue weighted by Gasteiger charge is -2.28. The van der Waals surface area contributed by atoms with E-state index in [0.717, 1.165) is 36.5 Å². The lowest BCUT2D eigenvalue weighted by molar-refractivity contribution is 0.0489. The van der Waals surface area contributed by atoms with Crippen molar-refractivity contribution in [2.24, 2.45) is 0 Å². The Morgan fingerprint density at radius 1 is 1.30 bits per heavy atom. The van der Waals surface area contributed by atoms with Gasteiger partial charge in [-0.15, -0.1) is 11.3 Å². The lowest BCUT2D eigenvalue weighted by atomic mass is 10.0. The van der Waals surface area contributed by atoms with Gasteiger partial charge in [0.2, 0.25) is 0 Å². The van der Waals surface area contributed by atoms with Gasteiger partial charge < -0.3 is 15.4 Å². The Balaban J connectivity index is 1.91. The molecule has 1 saturated carbocycles. The van der Waals surface area contributed by atoms with E-state index in [-0.39, 0.29) is 18.2 Å². The van der Waals surface area contributed by atoms with Gasteiger partial charge in [0.25, 0.3) is 0 Å². The molecular formula is C17H29N3O2S. The molecule has 0 aromatic carbocycles. The van der Waals surface area contributed by atoms with Crippen molar-refractivity contribution in [3.63, 3.8) is 0 Å². The standard InChI is InChI=1S/C17H29N3O2S/c1-12-19-13(11-23-12)10-18-14-8-6-5-7-9-15(14)20-16(21)22-17(2,3)4/h11,14-15,18H,5-10H2,1-4H3,(H,20,21). The van der Waals surface area contributed by atoms with Crippen LogP contribution in [-0.2, 0) is 11.3 Å². The summed E-state index contributed by atoms with van der Waals surface area (Å²) in [6, 6.07) is 0.388. The maximum atomic E-state index is 12.1. The molecule has 2 atom stereocenters. The number of aryl methyl sites for hydroxylation is 1. The number of amides is 1. The Labute approximate surface area is 143 Å². The zero-order valence-electron chi connectivity index (χ0n) is 14.6. The molecule has 2 N–H and O–H groups in total. The molecule has 1 fully saturated rings. The number of rotatable bonds is 4. The van der Waals surface area contributed by atoms with E-state index in [1.54, 1.807) is 11.3 Å². The molecule has 1 heterocycles. The number of carbonyl (C=O) groups excluding carboxylic acids is 1. The number of ether oxygens (including phenoxy) is 1. The monoisotopic (exact) mass is 339 g/mol. The van der Waals surface area contributed by atoms with Crippen molar-refractivity contribution in [3.05, 3.63) is 16.1 Å². The van der Waals surface area contributed by atoms with Gasteiger partial charge in [-0.1, -0.05) is 19.3 Å². The Morgan fingerprint density at radius 3 is 2.61 bits per heavy atom. The molecule has 0 spiro atoms. The number of aromatic nitrogens is 1. The molecule has 0 bridgehead atoms. The maximum absolute atomic E-state index is 12.1. The van der Waals surface area contributed by atoms with E-state index >= 15 is 0 Å². The SMILES string of the molecule is Cc1nc(CNC2CCCCCC2NC(=O)OC(C)(C)C)cs1. The van der Waals surface area contributed by atoms with Gasteiger partial charge in [0, 0.05) is 24.0 Å². The largest absolute Gasteiger partial charge is 0.444 e. The molecular weight excluding hydrogens is 310 g/mol. The molecule has 1 aliphatic rings. The summed E-state index contributed by atoms with van der Waals surface area (Å²) in [4.78, 5) is 16.6. The van der Waals surface area contributed by atoms with Crippen LogP contribution in [0.15, 0.2) is 5.38 Å². The molecule has 0 aliphatic heterocycles. The predicted molar refractivity (Wildman–Crippen MR) is 93.7 cm³/mol. The lowest BCUT2D eigenvalue weighted by Crippen LogP contribution is -2.50. The minimum absolute atomic E-state index is 0.118. The molecule has 0 saturated heterocycles. The first kappa shape index (κ1) is 18.2. The summed E-state index contributed by atoms with van der Waals surface area (Å²) in [5.41, 5.74) is 0.614. The summed E-state index contributed by atoms with van der Waals surface area (Å²) < 4.78 is 5.41. The van der Waals surface area contributed by atoms with Crippen LogP contribution >= 0.6 is 11.3 Å². The van der Waals surface area contributed by atoms with Crippen molar-refractivity contribution in [1.29, 1.82) is 0 Å². The first-order valence-electron chi connectivity index (χ1n) is 8.47. The highest BCUT2D eigenvalue weighted by molar-refractivity contribution is 7.09. The Morgan fingerprint density at radius 2 is 2.00 bits per heavy atom. The van der Waals surface area contributed by atoms with Crippen LogP contribution in [0.1, 0.15) is 63.6 Å². The van der Waals surface area contributed by atoms with Gasteiger partial charge in [0.15, 0.2) is 0 Å². The normalized spacial score (nSPS) is 22.4. The molecule has 23 heavy (non-hydrogen) atoms. The molecule has 2 unspecified atom stereocenters. The van der Waals surface area contributed by atoms with Crippen molar-refractivity contribution < 1.29 is 9.53 Å². The van der Waals surface area contributed by atoms with Crippen molar-refractivity contribution in [3.8, 4) is 0 Å². The summed E-state index contributed by atoms with van der Waals surface area (Å²) in [6.07, 6.45) is 5.31. The molecule has 1 aliphatic carbocycles. The number of nitrogens with zero attached hydrogens (tertiary/aromatic N) is 1. The van der Waals surface area contributed by atoms with Gasteiger partial charge in [0.05, 0.1) is 10.7 Å². The molecule has 2 rings (SSSR count). The van der Waals surface area contributed by atoms with Crippen LogP contribution < -0.4 is 10.6 Å². The van der Waals surface area contributed by atoms with Crippen LogP contribution in [0.2, 0.25) is 0 Å². The number of thiazole rings is 1. The molecule has 5 nitrogen and oxygen atoms in total. The third kappa shape index (κ3) is 6.47. The second-order valence-corrected chi connectivity index (χ2v) is 8.30. The highest BCUT2D eigenvalue weighted by Crippen LogP contribution is 2.20. The summed E-state index contributed by atoms with van der Waals surface area (Å²) in [7, 11) is 0. The van der Waals surface area contributed by atoms with Crippen LogP contribution in [0, 0.1) is 6.92 Å². The van der Waals surface area contributed by atoms with Crippen molar-refractivity contribution in [1.82, 2.24) is 15.6 Å². The minimum Gasteiger partial charge on any atom is -0.444 e. The Hall–Kier alpha value is -1.14. The van der Waals surface area contributed by atoms with Crippen molar-refractivity contribution in [2.75, 3.05) is 0 Å². The summed E-state index contributed by atoms with van der Waals surface area (Å²) in [5, 5.41) is 9.83. The van der Waals surface area contributed by atoms with Crippen LogP contribution in [0.4, 0.5) is 4.79 Å². The summed E-state index contributed by atoms with van der Waals surface area (Å²) in [5.74, 6) is 0. The third-order valence-electron chi connectivity index (χ3n) is 3.93. The number of hydrogen-bond donors (Lipinski definition) is 2. The van der Waals surface area contributed by atoms with E-state index in [2.05, 4.69) is 21.0 Å². The van der Waals surface area contributed by atoms with Gasteiger partial charge in [-0.05, 0) is 40.5 Å². The van der Waals surface area contributed by atoms with Crippen LogP contribution in [0.25, 0.3) is 0 Å². The minimum atomic E-state index is -0.462. The number of hydrogen-bond acceptors (Lipinski definition) is 5. The number of carbonyl (C=O) groups is 1. The highest BCUT2D eigenvalue weighted by atomic mass is 32.1. The van der Waals surface area contributed by atoms with E-state index in [1.165, 1.54) is 12.8 Å². The second-order valence-electron chi connectivity index (χ2n) is 7.24. The fourth-order valence-corrected chi connectivity index (χ4v) is 3.52. The second kappa shape index (κ2) is 8.11. The van der Waals surface area contributed by atoms with Gasteiger partial charge >= 0.3 is 6.09 Å². The van der Waals surface area contributed by atoms with Crippen molar-refractivity contribution in [2.45, 2.75) is 84.0 Å². The molecule has 1 amide bonds. The van der Waals surface area contributed by atoms with Gasteiger partial charge in [-0.25, -0.2) is 9.78 Å². The summed E-state index contributed by atoms with van der Waals surface area (Å²) in [6.45, 7) is 8.44. The van der Waals surface area contributed by atoms with E-state index in [9.17, 15) is 4.79 Å². The van der Waals surface area contributed by atoms with Gasteiger partial charge in [-0.2, -0.15) is 0 Å². The fourth-order valence-electron chi connectivity index (χ4n) is 2.91. The van der Waals surface area contributed by atoms with Gasteiger partial charge in [-0.3, -0.25) is 0 Å². The number of nitrogens with one attached hydrogen (secondary N) is 2. The average Bonchev–Trinajstić information content (AvgIpc) is 2.72. The van der Waals surface area contributed by atoms with E-state index in [0.29, 0.717) is 0 Å². The first-order valence-corrected chi connectivity index (χ1v) is 9.35. The van der Waals surface area contributed by atoms with E-state index in [1.807, 2.05) is 27.7 Å².